The highest BCUT2D eigenvalue weighted by Crippen LogP contribution is 2.24. The molecule has 0 spiro atoms. The normalized spacial score (nSPS) is 10.1. The summed E-state index contributed by atoms with van der Waals surface area (Å²) in [6.07, 6.45) is 0.236. The molecule has 0 atom stereocenters. The highest BCUT2D eigenvalue weighted by atomic mass is 35.5. The number of ether oxygens (including phenoxy) is 1. The number of nitrogens with one attached hydrogen (secondary N) is 1. The van der Waals surface area contributed by atoms with Crippen LogP contribution in [-0.4, -0.2) is 12.5 Å². The first-order valence-corrected chi connectivity index (χ1v) is 6.83. The van der Waals surface area contributed by atoms with Crippen molar-refractivity contribution in [3.05, 3.63) is 59.1 Å². The van der Waals surface area contributed by atoms with Crippen molar-refractivity contribution in [1.29, 1.82) is 0 Å². The summed E-state index contributed by atoms with van der Waals surface area (Å²) < 4.78 is 5.47. The van der Waals surface area contributed by atoms with Crippen LogP contribution in [0.4, 0.5) is 5.69 Å². The predicted octanol–water partition coefficient (Wildman–Crippen LogP) is 3.92. The molecule has 0 aliphatic heterocycles. The highest BCUT2D eigenvalue weighted by molar-refractivity contribution is 6.31. The quantitative estimate of drug-likeness (QED) is 0.906. The topological polar surface area (TPSA) is 38.3 Å². The minimum absolute atomic E-state index is 0.120. The Morgan fingerprint density at radius 3 is 2.60 bits per heavy atom. The van der Waals surface area contributed by atoms with Crippen LogP contribution in [0.5, 0.6) is 5.75 Å². The van der Waals surface area contributed by atoms with E-state index in [0.29, 0.717) is 23.1 Å². The SMILES string of the molecule is CCOc1ccccc1NC(=O)Cc1ccccc1Cl. The van der Waals surface area contributed by atoms with Crippen LogP contribution < -0.4 is 10.1 Å². The maximum Gasteiger partial charge on any atom is 0.228 e. The van der Waals surface area contributed by atoms with Gasteiger partial charge in [-0.25, -0.2) is 0 Å². The van der Waals surface area contributed by atoms with Gasteiger partial charge >= 0.3 is 0 Å². The average molecular weight is 290 g/mol. The Bertz CT molecular complexity index is 599. The molecule has 20 heavy (non-hydrogen) atoms. The summed E-state index contributed by atoms with van der Waals surface area (Å²) in [6.45, 7) is 2.46. The number of carbonyl (C=O) groups is 1. The van der Waals surface area contributed by atoms with Crippen molar-refractivity contribution >= 4 is 23.2 Å². The third kappa shape index (κ3) is 3.75. The van der Waals surface area contributed by atoms with Crippen LogP contribution in [0, 0.1) is 0 Å². The molecular formula is C16H16ClNO2. The zero-order chi connectivity index (χ0) is 14.4. The molecule has 1 N–H and O–H groups in total. The van der Waals surface area contributed by atoms with E-state index < -0.39 is 0 Å². The lowest BCUT2D eigenvalue weighted by Gasteiger charge is -2.11. The third-order valence-corrected chi connectivity index (χ3v) is 3.14. The van der Waals surface area contributed by atoms with Crippen LogP contribution in [0.15, 0.2) is 48.5 Å². The molecule has 2 rings (SSSR count). The summed E-state index contributed by atoms with van der Waals surface area (Å²) in [4.78, 5) is 12.1. The number of benzene rings is 2. The number of halogens is 1. The van der Waals surface area contributed by atoms with Gasteiger partial charge in [-0.15, -0.1) is 0 Å². The van der Waals surface area contributed by atoms with Crippen LogP contribution in [0.3, 0.4) is 0 Å². The fraction of sp³-hybridized carbons (Fsp3) is 0.188. The molecule has 0 saturated carbocycles. The Labute approximate surface area is 123 Å². The van der Waals surface area contributed by atoms with E-state index >= 15 is 0 Å². The Balaban J connectivity index is 2.07. The number of carbonyl (C=O) groups excluding carboxylic acids is 1. The zero-order valence-electron chi connectivity index (χ0n) is 11.2. The van der Waals surface area contributed by atoms with Crippen LogP contribution >= 0.6 is 11.6 Å². The van der Waals surface area contributed by atoms with Gasteiger partial charge in [0.15, 0.2) is 0 Å². The Hall–Kier alpha value is -2.00. The molecule has 104 valence electrons. The summed E-state index contributed by atoms with van der Waals surface area (Å²) in [7, 11) is 0. The summed E-state index contributed by atoms with van der Waals surface area (Å²) in [5.74, 6) is 0.549. The molecule has 0 aromatic heterocycles. The second-order valence-electron chi connectivity index (χ2n) is 4.25. The van der Waals surface area contributed by atoms with Crippen LogP contribution in [0.1, 0.15) is 12.5 Å². The first-order valence-electron chi connectivity index (χ1n) is 6.45. The summed E-state index contributed by atoms with van der Waals surface area (Å²) in [5, 5.41) is 3.45. The summed E-state index contributed by atoms with van der Waals surface area (Å²) in [5.41, 5.74) is 1.48. The van der Waals surface area contributed by atoms with Gasteiger partial charge in [0.05, 0.1) is 18.7 Å². The predicted molar refractivity (Wildman–Crippen MR) is 81.4 cm³/mol. The maximum absolute atomic E-state index is 12.1. The molecule has 0 heterocycles. The first-order chi connectivity index (χ1) is 9.70. The van der Waals surface area contributed by atoms with E-state index in [1.165, 1.54) is 0 Å². The minimum atomic E-state index is -0.120. The molecule has 0 aliphatic carbocycles. The van der Waals surface area contributed by atoms with Gasteiger partial charge in [-0.3, -0.25) is 4.79 Å². The van der Waals surface area contributed by atoms with E-state index in [2.05, 4.69) is 5.32 Å². The van der Waals surface area contributed by atoms with Gasteiger partial charge in [0, 0.05) is 5.02 Å². The smallest absolute Gasteiger partial charge is 0.228 e. The van der Waals surface area contributed by atoms with Crippen molar-refractivity contribution in [3.8, 4) is 5.75 Å². The van der Waals surface area contributed by atoms with E-state index in [1.54, 1.807) is 6.07 Å². The minimum Gasteiger partial charge on any atom is -0.492 e. The lowest BCUT2D eigenvalue weighted by atomic mass is 10.1. The van der Waals surface area contributed by atoms with Gasteiger partial charge in [0.2, 0.25) is 5.91 Å². The molecule has 0 bridgehead atoms. The number of para-hydroxylation sites is 2. The van der Waals surface area contributed by atoms with Crippen molar-refractivity contribution in [2.24, 2.45) is 0 Å². The lowest BCUT2D eigenvalue weighted by Crippen LogP contribution is -2.15. The highest BCUT2D eigenvalue weighted by Gasteiger charge is 2.09. The molecule has 3 nitrogen and oxygen atoms in total. The van der Waals surface area contributed by atoms with E-state index in [4.69, 9.17) is 16.3 Å². The van der Waals surface area contributed by atoms with Gasteiger partial charge in [0.25, 0.3) is 0 Å². The van der Waals surface area contributed by atoms with Gasteiger partial charge in [-0.2, -0.15) is 0 Å². The number of amides is 1. The van der Waals surface area contributed by atoms with Gasteiger partial charge < -0.3 is 10.1 Å². The van der Waals surface area contributed by atoms with E-state index in [1.807, 2.05) is 49.4 Å². The average Bonchev–Trinajstić information content (AvgIpc) is 2.44. The van der Waals surface area contributed by atoms with Gasteiger partial charge in [0.1, 0.15) is 5.75 Å². The van der Waals surface area contributed by atoms with Crippen molar-refractivity contribution < 1.29 is 9.53 Å². The molecule has 2 aromatic rings. The fourth-order valence-corrected chi connectivity index (χ4v) is 2.06. The molecule has 0 saturated heterocycles. The van der Waals surface area contributed by atoms with E-state index in [9.17, 15) is 4.79 Å². The van der Waals surface area contributed by atoms with Crippen molar-refractivity contribution in [3.63, 3.8) is 0 Å². The van der Waals surface area contributed by atoms with Crippen LogP contribution in [0.2, 0.25) is 5.02 Å². The number of hydrogen-bond acceptors (Lipinski definition) is 2. The molecule has 0 radical (unpaired) electrons. The molecule has 0 unspecified atom stereocenters. The van der Waals surface area contributed by atoms with Crippen molar-refractivity contribution in [2.75, 3.05) is 11.9 Å². The first kappa shape index (κ1) is 14.4. The van der Waals surface area contributed by atoms with Gasteiger partial charge in [-0.05, 0) is 30.7 Å². The standard InChI is InChI=1S/C16H16ClNO2/c1-2-20-15-10-6-5-9-14(15)18-16(19)11-12-7-3-4-8-13(12)17/h3-10H,2,11H2,1H3,(H,18,19). The van der Waals surface area contributed by atoms with E-state index in [0.717, 1.165) is 5.56 Å². The second-order valence-corrected chi connectivity index (χ2v) is 4.65. The fourth-order valence-electron chi connectivity index (χ4n) is 1.86. The summed E-state index contributed by atoms with van der Waals surface area (Å²) >= 11 is 6.05. The van der Waals surface area contributed by atoms with Crippen LogP contribution in [-0.2, 0) is 11.2 Å². The van der Waals surface area contributed by atoms with Gasteiger partial charge in [-0.1, -0.05) is 41.9 Å². The van der Waals surface area contributed by atoms with Crippen molar-refractivity contribution in [2.45, 2.75) is 13.3 Å². The molecule has 4 heteroatoms. The van der Waals surface area contributed by atoms with Crippen LogP contribution in [0.25, 0.3) is 0 Å². The maximum atomic E-state index is 12.1. The Morgan fingerprint density at radius 1 is 1.15 bits per heavy atom. The lowest BCUT2D eigenvalue weighted by molar-refractivity contribution is -0.115. The largest absolute Gasteiger partial charge is 0.492 e. The Morgan fingerprint density at radius 2 is 1.85 bits per heavy atom. The summed E-state index contributed by atoms with van der Waals surface area (Å²) in [6, 6.07) is 14.7. The molecule has 2 aromatic carbocycles. The molecule has 0 fully saturated rings. The Kier molecular flexibility index (Phi) is 5.02. The molecular weight excluding hydrogens is 274 g/mol. The monoisotopic (exact) mass is 289 g/mol. The molecule has 1 amide bonds. The number of hydrogen-bond donors (Lipinski definition) is 1. The molecule has 0 aliphatic rings. The number of anilines is 1. The van der Waals surface area contributed by atoms with E-state index in [-0.39, 0.29) is 12.3 Å². The third-order valence-electron chi connectivity index (χ3n) is 2.77. The van der Waals surface area contributed by atoms with Crippen molar-refractivity contribution in [1.82, 2.24) is 0 Å². The zero-order valence-corrected chi connectivity index (χ0v) is 12.0. The second kappa shape index (κ2) is 6.96. The number of rotatable bonds is 5.